The average molecular weight is 339 g/mol. The summed E-state index contributed by atoms with van der Waals surface area (Å²) in [6.45, 7) is 0.677. The highest BCUT2D eigenvalue weighted by molar-refractivity contribution is 9.10. The van der Waals surface area contributed by atoms with Crippen LogP contribution < -0.4 is 15.8 Å². The largest absolute Gasteiger partial charge is 0.496 e. The molecule has 0 radical (unpaired) electrons. The number of hydrogen-bond acceptors (Lipinski definition) is 3. The van der Waals surface area contributed by atoms with Crippen molar-refractivity contribution >= 4 is 27.3 Å². The van der Waals surface area contributed by atoms with Gasteiger partial charge >= 0.3 is 0 Å². The van der Waals surface area contributed by atoms with E-state index in [2.05, 4.69) is 21.2 Å². The van der Waals surface area contributed by atoms with Crippen molar-refractivity contribution in [1.82, 2.24) is 0 Å². The van der Waals surface area contributed by atoms with Gasteiger partial charge in [0, 0.05) is 16.7 Å². The second-order valence-electron chi connectivity index (χ2n) is 4.37. The highest BCUT2D eigenvalue weighted by Gasteiger charge is 2.04. The van der Waals surface area contributed by atoms with E-state index >= 15 is 0 Å². The molecule has 0 bridgehead atoms. The van der Waals surface area contributed by atoms with E-state index < -0.39 is 5.82 Å². The number of hydrogen-bond donors (Lipinski definition) is 2. The molecular weight excluding hydrogens is 323 g/mol. The fourth-order valence-corrected chi connectivity index (χ4v) is 2.33. The molecule has 0 fully saturated rings. The van der Waals surface area contributed by atoms with Gasteiger partial charge in [-0.2, -0.15) is 0 Å². The van der Waals surface area contributed by atoms with Crippen LogP contribution >= 0.6 is 15.9 Å². The molecule has 0 aliphatic heterocycles. The maximum atomic E-state index is 13.3. The Morgan fingerprint density at radius 1 is 1.25 bits per heavy atom. The van der Waals surface area contributed by atoms with Gasteiger partial charge in [-0.15, -0.1) is 0 Å². The minimum atomic E-state index is -0.407. The number of rotatable bonds is 5. The van der Waals surface area contributed by atoms with Gasteiger partial charge in [0.2, 0.25) is 0 Å². The number of halogens is 2. The molecule has 0 saturated carbocycles. The molecule has 0 spiro atoms. The molecule has 3 N–H and O–H groups in total. The number of nitrogens with two attached hydrogens (primary N) is 1. The van der Waals surface area contributed by atoms with E-state index in [9.17, 15) is 4.39 Å². The third-order valence-electron chi connectivity index (χ3n) is 2.97. The first-order chi connectivity index (χ1) is 9.60. The van der Waals surface area contributed by atoms with Crippen molar-refractivity contribution in [3.05, 3.63) is 52.3 Å². The lowest BCUT2D eigenvalue weighted by Gasteiger charge is -2.11. The molecule has 0 aromatic heterocycles. The summed E-state index contributed by atoms with van der Waals surface area (Å²) < 4.78 is 19.6. The van der Waals surface area contributed by atoms with Crippen LogP contribution in [-0.2, 0) is 6.42 Å². The zero-order valence-electron chi connectivity index (χ0n) is 11.1. The average Bonchev–Trinajstić information content (AvgIpc) is 2.43. The van der Waals surface area contributed by atoms with Crippen molar-refractivity contribution in [1.29, 1.82) is 0 Å². The van der Waals surface area contributed by atoms with E-state index in [1.54, 1.807) is 19.2 Å². The van der Waals surface area contributed by atoms with Crippen molar-refractivity contribution in [2.24, 2.45) is 0 Å². The van der Waals surface area contributed by atoms with Crippen LogP contribution in [0.1, 0.15) is 5.56 Å². The van der Waals surface area contributed by atoms with E-state index in [4.69, 9.17) is 10.5 Å². The monoisotopic (exact) mass is 338 g/mol. The van der Waals surface area contributed by atoms with E-state index in [1.807, 2.05) is 18.2 Å². The number of methoxy groups -OCH3 is 1. The highest BCUT2D eigenvalue weighted by Crippen LogP contribution is 2.23. The van der Waals surface area contributed by atoms with E-state index in [1.165, 1.54) is 6.07 Å². The Morgan fingerprint density at radius 3 is 2.75 bits per heavy atom. The number of ether oxygens (including phenoxy) is 1. The summed E-state index contributed by atoms with van der Waals surface area (Å²) in [5, 5.41) is 3.17. The molecule has 2 aromatic carbocycles. The molecule has 0 amide bonds. The normalized spacial score (nSPS) is 10.3. The minimum absolute atomic E-state index is 0.157. The Labute approximate surface area is 126 Å². The van der Waals surface area contributed by atoms with Gasteiger partial charge in [0.15, 0.2) is 0 Å². The van der Waals surface area contributed by atoms with Gasteiger partial charge in [-0.3, -0.25) is 0 Å². The van der Waals surface area contributed by atoms with E-state index in [-0.39, 0.29) is 5.69 Å². The van der Waals surface area contributed by atoms with Crippen LogP contribution in [0.25, 0.3) is 0 Å². The van der Waals surface area contributed by atoms with Crippen LogP contribution in [0.4, 0.5) is 15.8 Å². The van der Waals surface area contributed by atoms with E-state index in [0.29, 0.717) is 12.2 Å². The van der Waals surface area contributed by atoms with Crippen LogP contribution in [0.15, 0.2) is 40.9 Å². The smallest absolute Gasteiger partial charge is 0.148 e. The fourth-order valence-electron chi connectivity index (χ4n) is 1.92. The molecule has 2 aromatic rings. The molecule has 0 atom stereocenters. The molecule has 3 nitrogen and oxygen atoms in total. The van der Waals surface area contributed by atoms with Crippen LogP contribution in [-0.4, -0.2) is 13.7 Å². The molecule has 0 aliphatic rings. The van der Waals surface area contributed by atoms with E-state index in [0.717, 1.165) is 22.2 Å². The molecule has 20 heavy (non-hydrogen) atoms. The van der Waals surface area contributed by atoms with Crippen molar-refractivity contribution in [3.63, 3.8) is 0 Å². The summed E-state index contributed by atoms with van der Waals surface area (Å²) in [5.74, 6) is 0.438. The molecule has 2 rings (SSSR count). The van der Waals surface area contributed by atoms with Gasteiger partial charge in [-0.1, -0.05) is 15.9 Å². The Hall–Kier alpha value is -1.75. The quantitative estimate of drug-likeness (QED) is 0.814. The SMILES string of the molecule is COc1ccc(Br)cc1CCNc1ccc(N)c(F)c1. The lowest BCUT2D eigenvalue weighted by Crippen LogP contribution is -2.06. The maximum absolute atomic E-state index is 13.3. The molecule has 5 heteroatoms. The van der Waals surface area contributed by atoms with Crippen molar-refractivity contribution in [2.45, 2.75) is 6.42 Å². The van der Waals surface area contributed by atoms with Gasteiger partial charge in [0.1, 0.15) is 11.6 Å². The fraction of sp³-hybridized carbons (Fsp3) is 0.200. The number of benzene rings is 2. The third kappa shape index (κ3) is 3.63. The summed E-state index contributed by atoms with van der Waals surface area (Å²) in [6.07, 6.45) is 0.772. The first-order valence-electron chi connectivity index (χ1n) is 6.21. The van der Waals surface area contributed by atoms with Crippen molar-refractivity contribution < 1.29 is 9.13 Å². The van der Waals surface area contributed by atoms with Gasteiger partial charge in [-0.25, -0.2) is 4.39 Å². The standard InChI is InChI=1S/C15H16BrFN2O/c1-20-15-5-2-11(16)8-10(15)6-7-19-12-3-4-14(18)13(17)9-12/h2-5,8-9,19H,6-7,18H2,1H3. The number of nitrogens with one attached hydrogen (secondary N) is 1. The van der Waals surface area contributed by atoms with Gasteiger partial charge in [0.05, 0.1) is 12.8 Å². The van der Waals surface area contributed by atoms with Crippen LogP contribution in [0, 0.1) is 5.82 Å². The molecule has 0 saturated heterocycles. The predicted molar refractivity (Wildman–Crippen MR) is 83.7 cm³/mol. The molecule has 0 aliphatic carbocycles. The van der Waals surface area contributed by atoms with Crippen molar-refractivity contribution in [2.75, 3.05) is 24.7 Å². The summed E-state index contributed by atoms with van der Waals surface area (Å²) in [5.41, 5.74) is 7.40. The summed E-state index contributed by atoms with van der Waals surface area (Å²) in [6, 6.07) is 10.6. The number of anilines is 2. The Kier molecular flexibility index (Phi) is 4.84. The lowest BCUT2D eigenvalue weighted by atomic mass is 10.1. The second-order valence-corrected chi connectivity index (χ2v) is 5.28. The van der Waals surface area contributed by atoms with Crippen LogP contribution in [0.2, 0.25) is 0 Å². The summed E-state index contributed by atoms with van der Waals surface area (Å²) in [4.78, 5) is 0. The first kappa shape index (κ1) is 14.7. The minimum Gasteiger partial charge on any atom is -0.496 e. The zero-order chi connectivity index (χ0) is 14.5. The summed E-state index contributed by atoms with van der Waals surface area (Å²) in [7, 11) is 1.65. The zero-order valence-corrected chi connectivity index (χ0v) is 12.7. The Balaban J connectivity index is 1.99. The number of nitrogen functional groups attached to an aromatic ring is 1. The Morgan fingerprint density at radius 2 is 2.05 bits per heavy atom. The topological polar surface area (TPSA) is 47.3 Å². The molecular formula is C15H16BrFN2O. The Bertz CT molecular complexity index is 604. The summed E-state index contributed by atoms with van der Waals surface area (Å²) >= 11 is 3.44. The first-order valence-corrected chi connectivity index (χ1v) is 7.01. The van der Waals surface area contributed by atoms with Crippen molar-refractivity contribution in [3.8, 4) is 5.75 Å². The van der Waals surface area contributed by atoms with Gasteiger partial charge in [-0.05, 0) is 48.4 Å². The predicted octanol–water partition coefficient (Wildman–Crippen LogP) is 3.83. The third-order valence-corrected chi connectivity index (χ3v) is 3.46. The lowest BCUT2D eigenvalue weighted by molar-refractivity contribution is 0.410. The second kappa shape index (κ2) is 6.61. The molecule has 106 valence electrons. The van der Waals surface area contributed by atoms with Gasteiger partial charge < -0.3 is 15.8 Å². The maximum Gasteiger partial charge on any atom is 0.148 e. The molecule has 0 heterocycles. The highest BCUT2D eigenvalue weighted by atomic mass is 79.9. The molecule has 0 unspecified atom stereocenters. The van der Waals surface area contributed by atoms with Gasteiger partial charge in [0.25, 0.3) is 0 Å². The van der Waals surface area contributed by atoms with Crippen LogP contribution in [0.3, 0.4) is 0 Å². The van der Waals surface area contributed by atoms with Crippen LogP contribution in [0.5, 0.6) is 5.75 Å².